The molecule has 0 saturated carbocycles. The predicted octanol–water partition coefficient (Wildman–Crippen LogP) is -0.645. The number of nitrogens with two attached hydrogens (primary N) is 1. The van der Waals surface area contributed by atoms with Crippen molar-refractivity contribution in [2.75, 3.05) is 20.2 Å². The van der Waals surface area contributed by atoms with Gasteiger partial charge in [-0.15, -0.1) is 0 Å². The number of ether oxygens (including phenoxy) is 1. The largest absolute Gasteiger partial charge is 0.462 e. The van der Waals surface area contributed by atoms with Crippen molar-refractivity contribution in [2.45, 2.75) is 19.4 Å². The van der Waals surface area contributed by atoms with Gasteiger partial charge >= 0.3 is 11.9 Å². The van der Waals surface area contributed by atoms with Crippen LogP contribution < -0.4 is 5.73 Å². The number of likely N-dealkylation sites (tertiary alicyclic amines) is 1. The molecule has 0 bridgehead atoms. The summed E-state index contributed by atoms with van der Waals surface area (Å²) in [7, 11) is 1.20. The normalized spacial score (nSPS) is 27.2. The first-order chi connectivity index (χ1) is 6.56. The summed E-state index contributed by atoms with van der Waals surface area (Å²) in [5.41, 5.74) is 5.80. The first-order valence-corrected chi connectivity index (χ1v) is 4.69. The van der Waals surface area contributed by atoms with Crippen LogP contribution in [-0.4, -0.2) is 43.0 Å². The van der Waals surface area contributed by atoms with Crippen molar-refractivity contribution in [1.82, 2.24) is 4.90 Å². The molecule has 0 aromatic carbocycles. The summed E-state index contributed by atoms with van der Waals surface area (Å²) < 4.78 is 4.36. The third-order valence-electron chi connectivity index (χ3n) is 2.66. The minimum atomic E-state index is -0.813. The maximum absolute atomic E-state index is 11.4. The summed E-state index contributed by atoms with van der Waals surface area (Å²) in [6.07, 6.45) is 0.837. The Labute approximate surface area is 83.2 Å². The zero-order valence-electron chi connectivity index (χ0n) is 8.53. The second-order valence-corrected chi connectivity index (χ2v) is 3.67. The van der Waals surface area contributed by atoms with Crippen LogP contribution in [0.25, 0.3) is 0 Å². The molecule has 5 heteroatoms. The van der Waals surface area contributed by atoms with E-state index >= 15 is 0 Å². The maximum atomic E-state index is 11.4. The Kier molecular flexibility index (Phi) is 3.46. The predicted molar refractivity (Wildman–Crippen MR) is 50.4 cm³/mol. The number of esters is 1. The van der Waals surface area contributed by atoms with E-state index in [9.17, 15) is 9.59 Å². The summed E-state index contributed by atoms with van der Waals surface area (Å²) in [4.78, 5) is 23.8. The Balaban J connectivity index is 2.54. The lowest BCUT2D eigenvalue weighted by atomic mass is 9.94. The van der Waals surface area contributed by atoms with Crippen molar-refractivity contribution in [2.24, 2.45) is 11.7 Å². The van der Waals surface area contributed by atoms with Crippen LogP contribution in [0.15, 0.2) is 0 Å². The number of nitrogens with zero attached hydrogens (tertiary/aromatic N) is 1. The van der Waals surface area contributed by atoms with Crippen molar-refractivity contribution >= 4 is 11.9 Å². The fourth-order valence-electron chi connectivity index (χ4n) is 1.50. The highest BCUT2D eigenvalue weighted by Crippen LogP contribution is 2.15. The zero-order chi connectivity index (χ0) is 10.7. The number of methoxy groups -OCH3 is 1. The van der Waals surface area contributed by atoms with Gasteiger partial charge in [-0.1, -0.05) is 6.92 Å². The molecule has 0 radical (unpaired) electrons. The number of rotatable bonds is 0. The fraction of sp³-hybridized carbons (Fsp3) is 0.778. The molecule has 0 aromatic heterocycles. The smallest absolute Gasteiger partial charge is 0.396 e. The lowest BCUT2D eigenvalue weighted by Crippen LogP contribution is -2.51. The Morgan fingerprint density at radius 2 is 2.14 bits per heavy atom. The molecule has 1 fully saturated rings. The summed E-state index contributed by atoms with van der Waals surface area (Å²) in [6.45, 7) is 3.07. The number of carbonyl (C=O) groups is 2. The van der Waals surface area contributed by atoms with E-state index in [-0.39, 0.29) is 6.04 Å². The van der Waals surface area contributed by atoms with Crippen LogP contribution in [0.3, 0.4) is 0 Å². The van der Waals surface area contributed by atoms with E-state index in [0.29, 0.717) is 19.0 Å². The molecule has 1 heterocycles. The van der Waals surface area contributed by atoms with Gasteiger partial charge in [0, 0.05) is 19.1 Å². The quantitative estimate of drug-likeness (QED) is 0.417. The number of hydrogen-bond acceptors (Lipinski definition) is 4. The molecule has 1 aliphatic rings. The first kappa shape index (κ1) is 11.0. The molecular formula is C9H16N2O3. The van der Waals surface area contributed by atoms with Crippen LogP contribution in [0.2, 0.25) is 0 Å². The molecule has 2 N–H and O–H groups in total. The van der Waals surface area contributed by atoms with Gasteiger partial charge in [0.1, 0.15) is 0 Å². The average molecular weight is 200 g/mol. The molecule has 1 amide bonds. The molecule has 0 aliphatic carbocycles. The summed E-state index contributed by atoms with van der Waals surface area (Å²) in [6, 6.07) is -0.0441. The third-order valence-corrected chi connectivity index (χ3v) is 2.66. The Morgan fingerprint density at radius 3 is 2.64 bits per heavy atom. The molecular weight excluding hydrogens is 184 g/mol. The lowest BCUT2D eigenvalue weighted by Gasteiger charge is -2.34. The van der Waals surface area contributed by atoms with Crippen molar-refractivity contribution in [3.05, 3.63) is 0 Å². The second-order valence-electron chi connectivity index (χ2n) is 3.67. The van der Waals surface area contributed by atoms with E-state index in [0.717, 1.165) is 6.42 Å². The first-order valence-electron chi connectivity index (χ1n) is 4.69. The van der Waals surface area contributed by atoms with E-state index < -0.39 is 11.9 Å². The van der Waals surface area contributed by atoms with Crippen LogP contribution in [-0.2, 0) is 14.3 Å². The number of amides is 1. The van der Waals surface area contributed by atoms with Gasteiger partial charge < -0.3 is 15.4 Å². The van der Waals surface area contributed by atoms with Crippen molar-refractivity contribution in [3.8, 4) is 0 Å². The van der Waals surface area contributed by atoms with Gasteiger partial charge in [0.15, 0.2) is 0 Å². The van der Waals surface area contributed by atoms with Gasteiger partial charge in [-0.3, -0.25) is 4.79 Å². The number of hydrogen-bond donors (Lipinski definition) is 1. The van der Waals surface area contributed by atoms with Crippen molar-refractivity contribution in [1.29, 1.82) is 0 Å². The topological polar surface area (TPSA) is 72.6 Å². The van der Waals surface area contributed by atoms with E-state index in [1.54, 1.807) is 0 Å². The van der Waals surface area contributed by atoms with Gasteiger partial charge in [-0.25, -0.2) is 4.79 Å². The van der Waals surface area contributed by atoms with Crippen LogP contribution in [0.1, 0.15) is 13.3 Å². The zero-order valence-corrected chi connectivity index (χ0v) is 8.53. The molecule has 80 valence electrons. The lowest BCUT2D eigenvalue weighted by molar-refractivity contribution is -0.159. The Morgan fingerprint density at radius 1 is 1.50 bits per heavy atom. The third kappa shape index (κ3) is 2.23. The van der Waals surface area contributed by atoms with Crippen LogP contribution in [0.5, 0.6) is 0 Å². The molecule has 0 aromatic rings. The van der Waals surface area contributed by atoms with Gasteiger partial charge in [0.2, 0.25) is 0 Å². The highest BCUT2D eigenvalue weighted by atomic mass is 16.5. The molecule has 2 atom stereocenters. The monoisotopic (exact) mass is 200 g/mol. The van der Waals surface area contributed by atoms with Crippen LogP contribution in [0, 0.1) is 5.92 Å². The minimum absolute atomic E-state index is 0.0441. The highest BCUT2D eigenvalue weighted by molar-refractivity contribution is 6.32. The molecule has 1 rings (SSSR count). The number of piperidine rings is 1. The Hall–Kier alpha value is -1.10. The molecule has 5 nitrogen and oxygen atoms in total. The number of carbonyl (C=O) groups excluding carboxylic acids is 2. The maximum Gasteiger partial charge on any atom is 0.396 e. The van der Waals surface area contributed by atoms with Gasteiger partial charge in [0.25, 0.3) is 0 Å². The summed E-state index contributed by atoms with van der Waals surface area (Å²) >= 11 is 0. The molecule has 14 heavy (non-hydrogen) atoms. The highest BCUT2D eigenvalue weighted by Gasteiger charge is 2.29. The van der Waals surface area contributed by atoms with Gasteiger partial charge in [-0.05, 0) is 12.3 Å². The van der Waals surface area contributed by atoms with E-state index in [2.05, 4.69) is 4.74 Å². The van der Waals surface area contributed by atoms with E-state index in [1.165, 1.54) is 12.0 Å². The van der Waals surface area contributed by atoms with Crippen molar-refractivity contribution < 1.29 is 14.3 Å². The molecule has 1 aliphatic heterocycles. The fourth-order valence-corrected chi connectivity index (χ4v) is 1.50. The van der Waals surface area contributed by atoms with Crippen LogP contribution in [0.4, 0.5) is 0 Å². The summed E-state index contributed by atoms with van der Waals surface area (Å²) in [5, 5.41) is 0. The van der Waals surface area contributed by atoms with E-state index in [4.69, 9.17) is 5.73 Å². The van der Waals surface area contributed by atoms with Gasteiger partial charge in [0.05, 0.1) is 7.11 Å². The van der Waals surface area contributed by atoms with E-state index in [1.807, 2.05) is 6.92 Å². The van der Waals surface area contributed by atoms with Gasteiger partial charge in [-0.2, -0.15) is 0 Å². The Bertz CT molecular complexity index is 242. The average Bonchev–Trinajstić information content (AvgIpc) is 2.20. The molecule has 2 unspecified atom stereocenters. The van der Waals surface area contributed by atoms with Crippen molar-refractivity contribution in [3.63, 3.8) is 0 Å². The molecule has 1 saturated heterocycles. The molecule has 0 spiro atoms. The SMILES string of the molecule is COC(=O)C(=O)N1CCC(C)C(N)C1. The standard InChI is InChI=1S/C9H16N2O3/c1-6-3-4-11(5-7(6)10)8(12)9(13)14-2/h6-7H,3-5,10H2,1-2H3. The van der Waals surface area contributed by atoms with Crippen LogP contribution >= 0.6 is 0 Å². The second kappa shape index (κ2) is 4.41. The minimum Gasteiger partial charge on any atom is -0.462 e. The summed E-state index contributed by atoms with van der Waals surface area (Å²) in [5.74, 6) is -1.00.